The molecule has 0 fully saturated rings. The molecule has 5 rings (SSSR count). The van der Waals surface area contributed by atoms with Crippen LogP contribution in [0.3, 0.4) is 0 Å². The van der Waals surface area contributed by atoms with Crippen molar-refractivity contribution >= 4 is 23.5 Å². The largest absolute Gasteiger partial charge is 0.476 e. The number of pyridine rings is 2. The first-order valence-electron chi connectivity index (χ1n) is 12.1. The van der Waals surface area contributed by atoms with E-state index in [1.165, 1.54) is 24.3 Å². The number of amides is 2. The normalized spacial score (nSPS) is 15.4. The molecule has 38 heavy (non-hydrogen) atoms. The number of ether oxygens (including phenoxy) is 2. The quantitative estimate of drug-likeness (QED) is 0.489. The van der Waals surface area contributed by atoms with Gasteiger partial charge in [0.1, 0.15) is 17.2 Å². The van der Waals surface area contributed by atoms with Crippen molar-refractivity contribution in [2.45, 2.75) is 52.2 Å². The fraction of sp³-hybridized carbons (Fsp3) is 0.321. The van der Waals surface area contributed by atoms with Crippen LogP contribution >= 0.6 is 0 Å². The molecule has 0 unspecified atom stereocenters. The summed E-state index contributed by atoms with van der Waals surface area (Å²) in [6.07, 6.45) is -0.817. The number of carbonyl (C=O) groups excluding carboxylic acids is 2. The molecule has 1 N–H and O–H groups in total. The number of hydrogen-bond donors (Lipinski definition) is 1. The molecule has 0 atom stereocenters. The molecule has 1 aromatic carbocycles. The van der Waals surface area contributed by atoms with Gasteiger partial charge in [0.15, 0.2) is 0 Å². The summed E-state index contributed by atoms with van der Waals surface area (Å²) in [4.78, 5) is 36.2. The maximum atomic E-state index is 14.9. The average molecular weight is 516 g/mol. The van der Waals surface area contributed by atoms with Gasteiger partial charge >= 0.3 is 6.09 Å². The Kier molecular flexibility index (Phi) is 5.82. The van der Waals surface area contributed by atoms with E-state index in [1.54, 1.807) is 26.8 Å². The SMILES string of the molecule is CC(C)(C)OC(=O)N1Cc2nc(-c3c(F)cccc3C#N)cc(Nc3ccc4c(n3)OCC4(C)C)c2C1=O. The summed E-state index contributed by atoms with van der Waals surface area (Å²) >= 11 is 0. The van der Waals surface area contributed by atoms with E-state index >= 15 is 0 Å². The van der Waals surface area contributed by atoms with Crippen LogP contribution in [0.2, 0.25) is 0 Å². The average Bonchev–Trinajstić information content (AvgIpc) is 3.33. The summed E-state index contributed by atoms with van der Waals surface area (Å²) in [6, 6.07) is 11.3. The number of halogens is 1. The second-order valence-corrected chi connectivity index (χ2v) is 10.9. The second kappa shape index (κ2) is 8.80. The lowest BCUT2D eigenvalue weighted by Gasteiger charge is -2.23. The summed E-state index contributed by atoms with van der Waals surface area (Å²) in [6.45, 7) is 9.53. The predicted octanol–water partition coefficient (Wildman–Crippen LogP) is 5.46. The lowest BCUT2D eigenvalue weighted by atomic mass is 9.88. The zero-order valence-corrected chi connectivity index (χ0v) is 21.7. The molecule has 10 heteroatoms. The van der Waals surface area contributed by atoms with Crippen molar-refractivity contribution < 1.29 is 23.5 Å². The number of hydrogen-bond acceptors (Lipinski definition) is 8. The highest BCUT2D eigenvalue weighted by atomic mass is 19.1. The molecule has 3 aromatic rings. The van der Waals surface area contributed by atoms with Crippen LogP contribution in [0.1, 0.15) is 61.8 Å². The third kappa shape index (κ3) is 4.41. The molecule has 194 valence electrons. The van der Waals surface area contributed by atoms with Gasteiger partial charge in [0.25, 0.3) is 5.91 Å². The van der Waals surface area contributed by atoms with Crippen LogP contribution in [0.25, 0.3) is 11.3 Å². The minimum atomic E-state index is -0.817. The number of nitrogens with one attached hydrogen (secondary N) is 1. The van der Waals surface area contributed by atoms with Gasteiger partial charge in [-0.2, -0.15) is 10.2 Å². The van der Waals surface area contributed by atoms with E-state index in [4.69, 9.17) is 9.47 Å². The predicted molar refractivity (Wildman–Crippen MR) is 136 cm³/mol. The van der Waals surface area contributed by atoms with Crippen molar-refractivity contribution in [1.29, 1.82) is 5.26 Å². The number of aromatic nitrogens is 2. The third-order valence-corrected chi connectivity index (χ3v) is 6.29. The summed E-state index contributed by atoms with van der Waals surface area (Å²) in [7, 11) is 0. The molecule has 0 radical (unpaired) electrons. The van der Waals surface area contributed by atoms with Gasteiger partial charge < -0.3 is 14.8 Å². The Bertz CT molecular complexity index is 1540. The van der Waals surface area contributed by atoms with E-state index < -0.39 is 23.4 Å². The number of nitriles is 1. The van der Waals surface area contributed by atoms with Crippen molar-refractivity contribution in [3.05, 3.63) is 64.6 Å². The van der Waals surface area contributed by atoms with Crippen molar-refractivity contribution in [3.8, 4) is 23.2 Å². The molecule has 0 bridgehead atoms. The first-order chi connectivity index (χ1) is 17.9. The molecule has 2 aromatic heterocycles. The molecule has 2 aliphatic rings. The fourth-order valence-electron chi connectivity index (χ4n) is 4.48. The molecule has 9 nitrogen and oxygen atoms in total. The molecule has 0 saturated carbocycles. The highest BCUT2D eigenvalue weighted by Gasteiger charge is 2.39. The van der Waals surface area contributed by atoms with E-state index in [2.05, 4.69) is 29.1 Å². The van der Waals surface area contributed by atoms with Gasteiger partial charge in [-0.25, -0.2) is 19.1 Å². The summed E-state index contributed by atoms with van der Waals surface area (Å²) in [5.41, 5.74) is 0.817. The Labute approximate surface area is 219 Å². The summed E-state index contributed by atoms with van der Waals surface area (Å²) in [5, 5.41) is 12.7. The van der Waals surface area contributed by atoms with Gasteiger partial charge in [0.2, 0.25) is 5.88 Å². The lowest BCUT2D eigenvalue weighted by Crippen LogP contribution is -2.37. The molecular formula is C28H26FN5O4. The minimum absolute atomic E-state index is 0.00369. The Morgan fingerprint density at radius 2 is 1.97 bits per heavy atom. The zero-order chi connectivity index (χ0) is 27.4. The monoisotopic (exact) mass is 515 g/mol. The Morgan fingerprint density at radius 3 is 2.68 bits per heavy atom. The van der Waals surface area contributed by atoms with Crippen LogP contribution in [-0.2, 0) is 16.7 Å². The number of anilines is 2. The van der Waals surface area contributed by atoms with Crippen molar-refractivity contribution in [1.82, 2.24) is 14.9 Å². The lowest BCUT2D eigenvalue weighted by molar-refractivity contribution is 0.0247. The van der Waals surface area contributed by atoms with Gasteiger partial charge in [-0.1, -0.05) is 19.9 Å². The van der Waals surface area contributed by atoms with E-state index in [1.807, 2.05) is 12.1 Å². The number of fused-ring (bicyclic) bond motifs is 2. The van der Waals surface area contributed by atoms with Crippen LogP contribution in [0.15, 0.2) is 36.4 Å². The van der Waals surface area contributed by atoms with Gasteiger partial charge in [-0.3, -0.25) is 4.79 Å². The Hall–Kier alpha value is -4.52. The van der Waals surface area contributed by atoms with Gasteiger partial charge in [0, 0.05) is 11.0 Å². The highest BCUT2D eigenvalue weighted by molar-refractivity contribution is 6.10. The Morgan fingerprint density at radius 1 is 1.21 bits per heavy atom. The molecule has 2 aliphatic heterocycles. The fourth-order valence-corrected chi connectivity index (χ4v) is 4.48. The number of nitrogens with zero attached hydrogens (tertiary/aromatic N) is 4. The molecular weight excluding hydrogens is 489 g/mol. The smallest absolute Gasteiger partial charge is 0.417 e. The van der Waals surface area contributed by atoms with Crippen molar-refractivity contribution in [2.75, 3.05) is 11.9 Å². The van der Waals surface area contributed by atoms with Gasteiger partial charge in [0.05, 0.1) is 53.0 Å². The second-order valence-electron chi connectivity index (χ2n) is 10.9. The maximum absolute atomic E-state index is 14.9. The molecule has 0 spiro atoms. The summed E-state index contributed by atoms with van der Waals surface area (Å²) in [5.74, 6) is -0.377. The minimum Gasteiger partial charge on any atom is -0.476 e. The number of imide groups is 1. The summed E-state index contributed by atoms with van der Waals surface area (Å²) < 4.78 is 26.1. The van der Waals surface area contributed by atoms with E-state index in [0.29, 0.717) is 18.3 Å². The third-order valence-electron chi connectivity index (χ3n) is 6.29. The van der Waals surface area contributed by atoms with E-state index in [-0.39, 0.29) is 45.7 Å². The van der Waals surface area contributed by atoms with E-state index in [9.17, 15) is 19.2 Å². The van der Waals surface area contributed by atoms with Crippen LogP contribution < -0.4 is 10.1 Å². The first kappa shape index (κ1) is 25.1. The topological polar surface area (TPSA) is 117 Å². The maximum Gasteiger partial charge on any atom is 0.417 e. The molecule has 4 heterocycles. The molecule has 0 saturated heterocycles. The van der Waals surface area contributed by atoms with Crippen LogP contribution in [0.4, 0.5) is 20.7 Å². The van der Waals surface area contributed by atoms with Crippen LogP contribution in [0.5, 0.6) is 5.88 Å². The van der Waals surface area contributed by atoms with Gasteiger partial charge in [-0.15, -0.1) is 0 Å². The van der Waals surface area contributed by atoms with E-state index in [0.717, 1.165) is 10.5 Å². The van der Waals surface area contributed by atoms with Crippen LogP contribution in [0, 0.1) is 17.1 Å². The van der Waals surface area contributed by atoms with Crippen molar-refractivity contribution in [2.24, 2.45) is 0 Å². The van der Waals surface area contributed by atoms with Gasteiger partial charge in [-0.05, 0) is 51.1 Å². The van der Waals surface area contributed by atoms with Crippen LogP contribution in [-0.4, -0.2) is 39.1 Å². The zero-order valence-electron chi connectivity index (χ0n) is 21.7. The highest BCUT2D eigenvalue weighted by Crippen LogP contribution is 2.40. The molecule has 0 aliphatic carbocycles. The Balaban J connectivity index is 1.61. The standard InChI is InChI=1S/C28H26FN5O4/c1-27(2,3)38-26(36)34-13-20-23(25(34)35)19(11-18(31-20)22-15(12-30)7-6-8-17(22)29)32-21-10-9-16-24(33-21)37-14-28(16,4)5/h6-11H,13-14H2,1-5H3,(H,31,32,33). The number of benzene rings is 1. The number of carbonyl (C=O) groups is 2. The first-order valence-corrected chi connectivity index (χ1v) is 12.1. The van der Waals surface area contributed by atoms with Crippen molar-refractivity contribution in [3.63, 3.8) is 0 Å². The molecule has 2 amide bonds. The number of rotatable bonds is 3.